The third-order valence-electron chi connectivity index (χ3n) is 5.47. The Balaban J connectivity index is 0.000000638. The minimum atomic E-state index is -5.08. The summed E-state index contributed by atoms with van der Waals surface area (Å²) in [7, 11) is 0. The predicted molar refractivity (Wildman–Crippen MR) is 135 cm³/mol. The van der Waals surface area contributed by atoms with Gasteiger partial charge in [0, 0.05) is 30.1 Å². The number of halogens is 4. The maximum atomic E-state index is 13.0. The zero-order valence-corrected chi connectivity index (χ0v) is 21.2. The monoisotopic (exact) mass is 558 g/mol. The molecule has 208 valence electrons. The number of likely N-dealkylation sites (tertiary alicyclic amines) is 1. The molecular formula is C25H30ClF3N4O5. The normalized spacial score (nSPS) is 13.7. The zero-order valence-electron chi connectivity index (χ0n) is 20.5. The summed E-state index contributed by atoms with van der Waals surface area (Å²) in [4.78, 5) is 28.8. The summed E-state index contributed by atoms with van der Waals surface area (Å²) in [6.45, 7) is 2.22. The Kier molecular flexibility index (Phi) is 12.2. The highest BCUT2D eigenvalue weighted by atomic mass is 35.5. The number of ether oxygens (including phenoxy) is 1. The van der Waals surface area contributed by atoms with Crippen LogP contribution in [0.25, 0.3) is 0 Å². The van der Waals surface area contributed by atoms with Crippen molar-refractivity contribution in [3.05, 3.63) is 64.7 Å². The number of nitrogens with zero attached hydrogens (tertiary/aromatic N) is 1. The lowest BCUT2D eigenvalue weighted by Gasteiger charge is -2.32. The van der Waals surface area contributed by atoms with Crippen LogP contribution in [0.2, 0.25) is 5.02 Å². The van der Waals surface area contributed by atoms with Gasteiger partial charge in [-0.2, -0.15) is 13.2 Å². The van der Waals surface area contributed by atoms with Gasteiger partial charge in [0.1, 0.15) is 5.75 Å². The second kappa shape index (κ2) is 15.0. The number of carboxylic acids is 1. The number of aliphatic carboxylic acids is 1. The van der Waals surface area contributed by atoms with Crippen molar-refractivity contribution in [1.29, 1.82) is 5.41 Å². The average molecular weight is 559 g/mol. The van der Waals surface area contributed by atoms with Crippen molar-refractivity contribution < 1.29 is 37.4 Å². The van der Waals surface area contributed by atoms with Crippen LogP contribution in [0.5, 0.6) is 5.75 Å². The number of alkyl halides is 3. The molecule has 2 aromatic carbocycles. The number of rotatable bonds is 9. The molecule has 0 radical (unpaired) electrons. The van der Waals surface area contributed by atoms with E-state index < -0.39 is 12.1 Å². The number of hydroxylamine groups is 1. The summed E-state index contributed by atoms with van der Waals surface area (Å²) in [5, 5.41) is 14.6. The Labute approximate surface area is 223 Å². The maximum Gasteiger partial charge on any atom is 0.490 e. The second-order valence-electron chi connectivity index (χ2n) is 8.47. The van der Waals surface area contributed by atoms with Gasteiger partial charge in [-0.1, -0.05) is 41.9 Å². The molecule has 1 saturated heterocycles. The minimum Gasteiger partial charge on any atom is -0.493 e. The van der Waals surface area contributed by atoms with Crippen molar-refractivity contribution in [2.24, 2.45) is 11.7 Å². The second-order valence-corrected chi connectivity index (χ2v) is 8.91. The molecule has 0 aromatic heterocycles. The fourth-order valence-corrected chi connectivity index (χ4v) is 3.91. The number of nitrogens with two attached hydrogens (primary N) is 1. The van der Waals surface area contributed by atoms with Crippen molar-refractivity contribution in [2.45, 2.75) is 31.9 Å². The largest absolute Gasteiger partial charge is 0.493 e. The zero-order chi connectivity index (χ0) is 28.1. The van der Waals surface area contributed by atoms with Gasteiger partial charge in [0.25, 0.3) is 5.91 Å². The van der Waals surface area contributed by atoms with Gasteiger partial charge in [-0.05, 0) is 48.9 Å². The van der Waals surface area contributed by atoms with E-state index in [1.807, 2.05) is 11.0 Å². The van der Waals surface area contributed by atoms with Crippen LogP contribution in [0, 0.1) is 11.3 Å². The Bertz CT molecular complexity index is 1060. The van der Waals surface area contributed by atoms with Crippen molar-refractivity contribution in [1.82, 2.24) is 10.4 Å². The molecule has 3 rings (SSSR count). The number of nitrogens with one attached hydrogen (secondary N) is 2. The first-order chi connectivity index (χ1) is 18.0. The third-order valence-corrected chi connectivity index (χ3v) is 5.69. The number of piperidine rings is 1. The van der Waals surface area contributed by atoms with E-state index in [2.05, 4.69) is 29.7 Å². The number of carboxylic acid groups (broad SMARTS) is 1. The quantitative estimate of drug-likeness (QED) is 0.156. The van der Waals surface area contributed by atoms with Crippen LogP contribution in [-0.2, 0) is 16.1 Å². The summed E-state index contributed by atoms with van der Waals surface area (Å²) >= 11 is 6.22. The Hall–Kier alpha value is -3.51. The number of hydrogen-bond acceptors (Lipinski definition) is 5. The first-order valence-corrected chi connectivity index (χ1v) is 12.1. The molecule has 38 heavy (non-hydrogen) atoms. The van der Waals surface area contributed by atoms with Crippen molar-refractivity contribution in [2.75, 3.05) is 26.3 Å². The van der Waals surface area contributed by atoms with Crippen molar-refractivity contribution in [3.8, 4) is 5.75 Å². The summed E-state index contributed by atoms with van der Waals surface area (Å²) in [6.07, 6.45) is -1.44. The number of amides is 1. The molecule has 0 atom stereocenters. The number of hydrogen-bond donors (Lipinski definition) is 4. The fraction of sp³-hybridized carbons (Fsp3) is 0.400. The van der Waals surface area contributed by atoms with E-state index in [1.165, 1.54) is 5.56 Å². The molecule has 0 bridgehead atoms. The number of guanidine groups is 1. The molecule has 1 aliphatic rings. The molecule has 0 unspecified atom stereocenters. The molecule has 5 N–H and O–H groups in total. The summed E-state index contributed by atoms with van der Waals surface area (Å²) in [5.74, 6) is -1.87. The lowest BCUT2D eigenvalue weighted by atomic mass is 9.90. The maximum absolute atomic E-state index is 13.0. The summed E-state index contributed by atoms with van der Waals surface area (Å²) in [6, 6.07) is 15.6. The first-order valence-electron chi connectivity index (χ1n) is 11.7. The van der Waals surface area contributed by atoms with Gasteiger partial charge < -0.3 is 20.5 Å². The minimum absolute atomic E-state index is 0.0143. The van der Waals surface area contributed by atoms with E-state index >= 15 is 0 Å². The standard InChI is InChI=1S/C23H29ClN4O3.C2HF3O2/c24-20-14-19(15-21(16-20)30-11-4-12-31-27-23(25)26)22(29)28-9-7-18(8-10-28)13-17-5-2-1-3-6-17;3-2(4,5)1(6)7/h1-3,5-6,14-16,18H,4,7-13H2,(H4,25,26,27);(H,6,7). The lowest BCUT2D eigenvalue weighted by molar-refractivity contribution is -0.192. The van der Waals surface area contributed by atoms with Crippen LogP contribution in [0.3, 0.4) is 0 Å². The van der Waals surface area contributed by atoms with Gasteiger partial charge in [-0.25, -0.2) is 10.3 Å². The van der Waals surface area contributed by atoms with E-state index in [-0.39, 0.29) is 11.9 Å². The van der Waals surface area contributed by atoms with Crippen LogP contribution in [0.4, 0.5) is 13.2 Å². The van der Waals surface area contributed by atoms with E-state index in [0.717, 1.165) is 32.4 Å². The third kappa shape index (κ3) is 11.3. The van der Waals surface area contributed by atoms with Gasteiger partial charge >= 0.3 is 12.1 Å². The lowest BCUT2D eigenvalue weighted by Crippen LogP contribution is -2.38. The van der Waals surface area contributed by atoms with Crippen molar-refractivity contribution in [3.63, 3.8) is 0 Å². The van der Waals surface area contributed by atoms with E-state index in [1.54, 1.807) is 18.2 Å². The molecule has 0 spiro atoms. The van der Waals surface area contributed by atoms with Crippen LogP contribution < -0.4 is 16.0 Å². The fourth-order valence-electron chi connectivity index (χ4n) is 3.69. The van der Waals surface area contributed by atoms with Crippen LogP contribution in [-0.4, -0.2) is 60.3 Å². The first kappa shape index (κ1) is 30.7. The van der Waals surface area contributed by atoms with E-state index in [0.29, 0.717) is 41.9 Å². The molecular weight excluding hydrogens is 529 g/mol. The molecule has 13 heteroatoms. The smallest absolute Gasteiger partial charge is 0.490 e. The molecule has 1 heterocycles. The topological polar surface area (TPSA) is 138 Å². The Morgan fingerprint density at radius 2 is 1.76 bits per heavy atom. The van der Waals surface area contributed by atoms with Gasteiger partial charge in [-0.15, -0.1) is 0 Å². The van der Waals surface area contributed by atoms with E-state index in [9.17, 15) is 18.0 Å². The summed E-state index contributed by atoms with van der Waals surface area (Å²) in [5.41, 5.74) is 9.29. The highest BCUT2D eigenvalue weighted by molar-refractivity contribution is 6.31. The highest BCUT2D eigenvalue weighted by Crippen LogP contribution is 2.26. The molecule has 0 aliphatic carbocycles. The Morgan fingerprint density at radius 1 is 1.13 bits per heavy atom. The molecule has 1 fully saturated rings. The van der Waals surface area contributed by atoms with Crippen LogP contribution in [0.15, 0.2) is 48.5 Å². The predicted octanol–water partition coefficient (Wildman–Crippen LogP) is 4.25. The van der Waals surface area contributed by atoms with Gasteiger partial charge in [0.05, 0.1) is 13.2 Å². The highest BCUT2D eigenvalue weighted by Gasteiger charge is 2.38. The van der Waals surface area contributed by atoms with Crippen LogP contribution >= 0.6 is 11.6 Å². The Morgan fingerprint density at radius 3 is 2.34 bits per heavy atom. The van der Waals surface area contributed by atoms with Gasteiger partial charge in [0.15, 0.2) is 0 Å². The van der Waals surface area contributed by atoms with Crippen LogP contribution in [0.1, 0.15) is 35.2 Å². The number of carbonyl (C=O) groups excluding carboxylic acids is 1. The average Bonchev–Trinajstić information content (AvgIpc) is 2.86. The summed E-state index contributed by atoms with van der Waals surface area (Å²) < 4.78 is 37.4. The molecule has 1 amide bonds. The van der Waals surface area contributed by atoms with Gasteiger partial charge in [-0.3, -0.25) is 15.0 Å². The molecule has 1 aliphatic heterocycles. The van der Waals surface area contributed by atoms with Crippen molar-refractivity contribution >= 4 is 29.4 Å². The van der Waals surface area contributed by atoms with E-state index in [4.69, 9.17) is 42.2 Å². The molecule has 0 saturated carbocycles. The number of benzene rings is 2. The molecule has 9 nitrogen and oxygen atoms in total. The van der Waals surface area contributed by atoms with Gasteiger partial charge in [0.2, 0.25) is 5.96 Å². The number of carbonyl (C=O) groups is 2. The molecule has 2 aromatic rings. The SMILES string of the molecule is N=C(N)NOCCCOc1cc(Cl)cc(C(=O)N2CCC(Cc3ccccc3)CC2)c1.O=C(O)C(F)(F)F.